The Labute approximate surface area is 106 Å². The van der Waals surface area contributed by atoms with E-state index in [2.05, 4.69) is 15.2 Å². The summed E-state index contributed by atoms with van der Waals surface area (Å²) < 4.78 is 0. The Balaban J connectivity index is 2.74. The molecule has 1 rings (SSSR count). The lowest BCUT2D eigenvalue weighted by Gasteiger charge is -2.22. The number of hydrogen-bond acceptors (Lipinski definition) is 4. The molecule has 1 N–H and O–H groups in total. The molecule has 5 nitrogen and oxygen atoms in total. The lowest BCUT2D eigenvalue weighted by molar-refractivity contribution is 0.0745. The highest BCUT2D eigenvalue weighted by molar-refractivity contribution is 7.98. The van der Waals surface area contributed by atoms with Gasteiger partial charge in [0.25, 0.3) is 5.91 Å². The van der Waals surface area contributed by atoms with E-state index in [4.69, 9.17) is 0 Å². The number of nitrogens with one attached hydrogen (secondary N) is 1. The second kappa shape index (κ2) is 6.05. The number of hydrogen-bond donors (Lipinski definition) is 1. The number of nitrogens with zero attached hydrogens (tertiary/aromatic N) is 3. The van der Waals surface area contributed by atoms with Crippen LogP contribution in [0.3, 0.4) is 0 Å². The van der Waals surface area contributed by atoms with Crippen LogP contribution in [-0.4, -0.2) is 51.1 Å². The minimum atomic E-state index is -0.130. The van der Waals surface area contributed by atoms with Crippen LogP contribution < -0.4 is 0 Å². The summed E-state index contributed by atoms with van der Waals surface area (Å²) in [4.78, 5) is 18.0. The zero-order chi connectivity index (χ0) is 13.0. The van der Waals surface area contributed by atoms with Gasteiger partial charge in [-0.05, 0) is 13.2 Å². The molecule has 0 bridgehead atoms. The number of aromatic amines is 1. The maximum Gasteiger partial charge on any atom is 0.293 e. The van der Waals surface area contributed by atoms with Crippen molar-refractivity contribution in [2.24, 2.45) is 0 Å². The van der Waals surface area contributed by atoms with E-state index in [0.29, 0.717) is 0 Å². The van der Waals surface area contributed by atoms with Crippen molar-refractivity contribution in [3.05, 3.63) is 11.6 Å². The first-order valence-electron chi connectivity index (χ1n) is 5.65. The van der Waals surface area contributed by atoms with E-state index in [-0.39, 0.29) is 23.7 Å². The Morgan fingerprint density at radius 2 is 2.12 bits per heavy atom. The van der Waals surface area contributed by atoms with Gasteiger partial charge in [0, 0.05) is 24.8 Å². The average Bonchev–Trinajstić information content (AvgIpc) is 2.76. The van der Waals surface area contributed by atoms with E-state index in [1.165, 1.54) is 0 Å². The summed E-state index contributed by atoms with van der Waals surface area (Å²) in [6, 6.07) is 0.179. The summed E-state index contributed by atoms with van der Waals surface area (Å²) in [6.45, 7) is 6.04. The predicted octanol–water partition coefficient (Wildman–Crippen LogP) is 1.75. The van der Waals surface area contributed by atoms with Crippen LogP contribution in [0.4, 0.5) is 0 Å². The molecule has 1 atom stereocenters. The Morgan fingerprint density at radius 1 is 1.47 bits per heavy atom. The zero-order valence-electron chi connectivity index (χ0n) is 11.0. The highest BCUT2D eigenvalue weighted by Crippen LogP contribution is 2.10. The highest BCUT2D eigenvalue weighted by Gasteiger charge is 2.21. The van der Waals surface area contributed by atoms with Crippen molar-refractivity contribution in [3.63, 3.8) is 0 Å². The third kappa shape index (κ3) is 3.46. The number of carbonyl (C=O) groups is 1. The van der Waals surface area contributed by atoms with Crippen LogP contribution in [-0.2, 0) is 0 Å². The SMILES string of the molecule is CSCC(C)N(C)C(=O)c1n[nH]c(C(C)C)n1. The van der Waals surface area contributed by atoms with Crippen LogP contribution in [0, 0.1) is 0 Å². The molecule has 0 fully saturated rings. The Morgan fingerprint density at radius 3 is 2.59 bits per heavy atom. The van der Waals surface area contributed by atoms with Gasteiger partial charge in [-0.25, -0.2) is 4.98 Å². The van der Waals surface area contributed by atoms with Crippen molar-refractivity contribution in [1.82, 2.24) is 20.1 Å². The van der Waals surface area contributed by atoms with Crippen molar-refractivity contribution in [2.75, 3.05) is 19.1 Å². The molecule has 1 heterocycles. The van der Waals surface area contributed by atoms with E-state index < -0.39 is 0 Å². The molecule has 0 aliphatic heterocycles. The third-order valence-electron chi connectivity index (χ3n) is 2.63. The summed E-state index contributed by atoms with van der Waals surface area (Å²) in [6.07, 6.45) is 2.03. The van der Waals surface area contributed by atoms with Crippen molar-refractivity contribution < 1.29 is 4.79 Å². The van der Waals surface area contributed by atoms with E-state index >= 15 is 0 Å². The third-order valence-corrected chi connectivity index (χ3v) is 3.45. The predicted molar refractivity (Wildman–Crippen MR) is 70.4 cm³/mol. The summed E-state index contributed by atoms with van der Waals surface area (Å²) in [5.74, 6) is 2.03. The number of amides is 1. The minimum Gasteiger partial charge on any atom is -0.335 e. The first kappa shape index (κ1) is 14.0. The molecule has 0 aliphatic rings. The molecule has 1 amide bonds. The largest absolute Gasteiger partial charge is 0.335 e. The van der Waals surface area contributed by atoms with Crippen molar-refractivity contribution in [1.29, 1.82) is 0 Å². The van der Waals surface area contributed by atoms with Gasteiger partial charge in [-0.15, -0.1) is 5.10 Å². The zero-order valence-corrected chi connectivity index (χ0v) is 11.8. The highest BCUT2D eigenvalue weighted by atomic mass is 32.2. The van der Waals surface area contributed by atoms with Crippen molar-refractivity contribution >= 4 is 17.7 Å². The molecule has 0 spiro atoms. The van der Waals surface area contributed by atoms with Crippen LogP contribution in [0.2, 0.25) is 0 Å². The average molecular weight is 256 g/mol. The number of thioether (sulfide) groups is 1. The van der Waals surface area contributed by atoms with Crippen LogP contribution in [0.5, 0.6) is 0 Å². The maximum atomic E-state index is 12.1. The first-order valence-corrected chi connectivity index (χ1v) is 7.05. The van der Waals surface area contributed by atoms with Crippen molar-refractivity contribution in [3.8, 4) is 0 Å². The molecular weight excluding hydrogens is 236 g/mol. The standard InChI is InChI=1S/C11H20N4OS/c1-7(2)9-12-10(14-13-9)11(16)15(4)8(3)6-17-5/h7-8H,6H2,1-5H3,(H,12,13,14). The van der Waals surface area contributed by atoms with Gasteiger partial charge in [0.2, 0.25) is 5.82 Å². The van der Waals surface area contributed by atoms with Gasteiger partial charge < -0.3 is 4.90 Å². The normalized spacial score (nSPS) is 12.8. The van der Waals surface area contributed by atoms with Gasteiger partial charge in [-0.1, -0.05) is 13.8 Å². The monoisotopic (exact) mass is 256 g/mol. The first-order chi connectivity index (χ1) is 7.97. The topological polar surface area (TPSA) is 61.9 Å². The molecular formula is C11H20N4OS. The lowest BCUT2D eigenvalue weighted by Crippen LogP contribution is -2.37. The molecule has 0 saturated heterocycles. The number of aromatic nitrogens is 3. The number of H-pyrrole nitrogens is 1. The minimum absolute atomic E-state index is 0.130. The van der Waals surface area contributed by atoms with Gasteiger partial charge in [0.15, 0.2) is 0 Å². The fourth-order valence-electron chi connectivity index (χ4n) is 1.34. The summed E-state index contributed by atoms with van der Waals surface area (Å²) in [7, 11) is 1.79. The fourth-order valence-corrected chi connectivity index (χ4v) is 2.05. The van der Waals surface area contributed by atoms with Crippen molar-refractivity contribution in [2.45, 2.75) is 32.7 Å². The quantitative estimate of drug-likeness (QED) is 0.872. The number of rotatable bonds is 5. The fraction of sp³-hybridized carbons (Fsp3) is 0.727. The Hall–Kier alpha value is -1.04. The van der Waals surface area contributed by atoms with E-state index in [0.717, 1.165) is 11.6 Å². The molecule has 0 aromatic carbocycles. The summed E-state index contributed by atoms with van der Waals surface area (Å²) >= 11 is 1.72. The maximum absolute atomic E-state index is 12.1. The van der Waals surface area contributed by atoms with Gasteiger partial charge in [-0.2, -0.15) is 11.8 Å². The van der Waals surface area contributed by atoms with Gasteiger partial charge in [0.1, 0.15) is 5.82 Å². The lowest BCUT2D eigenvalue weighted by atomic mass is 10.2. The smallest absolute Gasteiger partial charge is 0.293 e. The van der Waals surface area contributed by atoms with Crippen LogP contribution in [0.1, 0.15) is 43.1 Å². The second-order valence-corrected chi connectivity index (χ2v) is 5.33. The molecule has 1 aromatic heterocycles. The van der Waals surface area contributed by atoms with Gasteiger partial charge in [-0.3, -0.25) is 9.89 Å². The van der Waals surface area contributed by atoms with E-state index in [9.17, 15) is 4.79 Å². The van der Waals surface area contributed by atoms with E-state index in [1.807, 2.05) is 27.0 Å². The molecule has 96 valence electrons. The van der Waals surface area contributed by atoms with Crippen LogP contribution in [0.25, 0.3) is 0 Å². The second-order valence-electron chi connectivity index (χ2n) is 4.42. The molecule has 0 saturated carbocycles. The van der Waals surface area contributed by atoms with Gasteiger partial charge >= 0.3 is 0 Å². The molecule has 1 aromatic rings. The Kier molecular flexibility index (Phi) is 4.99. The molecule has 6 heteroatoms. The molecule has 17 heavy (non-hydrogen) atoms. The van der Waals surface area contributed by atoms with Crippen LogP contribution >= 0.6 is 11.8 Å². The Bertz CT molecular complexity index is 377. The van der Waals surface area contributed by atoms with E-state index in [1.54, 1.807) is 23.7 Å². The van der Waals surface area contributed by atoms with Crippen LogP contribution in [0.15, 0.2) is 0 Å². The molecule has 0 aliphatic carbocycles. The molecule has 0 radical (unpaired) electrons. The summed E-state index contributed by atoms with van der Waals surface area (Å²) in [5.41, 5.74) is 0. The number of carbonyl (C=O) groups excluding carboxylic acids is 1. The van der Waals surface area contributed by atoms with Gasteiger partial charge in [0.05, 0.1) is 0 Å². The summed E-state index contributed by atoms with van der Waals surface area (Å²) in [5, 5.41) is 6.76. The molecule has 1 unspecified atom stereocenters.